The molecule has 0 saturated heterocycles. The number of Topliss-reactive ketones (excluding diaryl/α,β-unsaturated/α-hetero) is 1. The molecule has 4 aliphatic rings. The molecule has 30 heavy (non-hydrogen) atoms. The first kappa shape index (κ1) is 21.4. The lowest BCUT2D eigenvalue weighted by Crippen LogP contribution is -2.70. The molecular formula is C24H31FO5. The quantitative estimate of drug-likeness (QED) is 0.695. The van der Waals surface area contributed by atoms with Crippen LogP contribution in [0.25, 0.3) is 0 Å². The van der Waals surface area contributed by atoms with Gasteiger partial charge >= 0.3 is 5.97 Å². The molecule has 5 nitrogen and oxygen atoms in total. The Morgan fingerprint density at radius 3 is 2.50 bits per heavy atom. The van der Waals surface area contributed by atoms with Crippen LogP contribution in [0.2, 0.25) is 0 Å². The average Bonchev–Trinajstić information content (AvgIpc) is 2.92. The smallest absolute Gasteiger partial charge is 0.303 e. The molecule has 0 bridgehead atoms. The lowest BCUT2D eigenvalue weighted by Gasteiger charge is -2.63. The molecule has 0 spiro atoms. The van der Waals surface area contributed by atoms with E-state index >= 15 is 4.39 Å². The predicted molar refractivity (Wildman–Crippen MR) is 108 cm³/mol. The van der Waals surface area contributed by atoms with E-state index in [4.69, 9.17) is 4.74 Å². The SMILES string of the molecule is CC(=O)O[C@@]1(C(C)=O)CC[C@@H]2[C@H]3C[C@H](C)C4=CC(=O)C=C[C@]4(C)[C@]3(F)[C@@H](O)C[C@]21C. The van der Waals surface area contributed by atoms with Gasteiger partial charge in [0, 0.05) is 23.7 Å². The highest BCUT2D eigenvalue weighted by atomic mass is 19.1. The van der Waals surface area contributed by atoms with Crippen LogP contribution < -0.4 is 0 Å². The van der Waals surface area contributed by atoms with Gasteiger partial charge in [-0.25, -0.2) is 4.39 Å². The lowest BCUT2D eigenvalue weighted by atomic mass is 9.43. The van der Waals surface area contributed by atoms with Gasteiger partial charge in [0.1, 0.15) is 0 Å². The fourth-order valence-electron chi connectivity index (χ4n) is 7.65. The van der Waals surface area contributed by atoms with Crippen molar-refractivity contribution in [3.05, 3.63) is 23.8 Å². The number of rotatable bonds is 2. The monoisotopic (exact) mass is 418 g/mol. The number of esters is 1. The molecule has 0 unspecified atom stereocenters. The van der Waals surface area contributed by atoms with Crippen LogP contribution in [0.5, 0.6) is 0 Å². The molecule has 8 atom stereocenters. The van der Waals surface area contributed by atoms with E-state index in [1.165, 1.54) is 26.0 Å². The van der Waals surface area contributed by atoms with Crippen LogP contribution in [0.15, 0.2) is 23.8 Å². The molecule has 0 heterocycles. The first-order chi connectivity index (χ1) is 13.8. The van der Waals surface area contributed by atoms with Crippen LogP contribution in [-0.2, 0) is 19.1 Å². The number of halogens is 1. The summed E-state index contributed by atoms with van der Waals surface area (Å²) in [5.74, 6) is -1.72. The average molecular weight is 419 g/mol. The Labute approximate surface area is 176 Å². The van der Waals surface area contributed by atoms with Gasteiger partial charge in [-0.15, -0.1) is 0 Å². The van der Waals surface area contributed by atoms with Crippen LogP contribution >= 0.6 is 0 Å². The largest absolute Gasteiger partial charge is 0.451 e. The summed E-state index contributed by atoms with van der Waals surface area (Å²) in [6, 6.07) is 0. The van der Waals surface area contributed by atoms with Crippen molar-refractivity contribution in [2.75, 3.05) is 0 Å². The summed E-state index contributed by atoms with van der Waals surface area (Å²) >= 11 is 0. The van der Waals surface area contributed by atoms with Crippen molar-refractivity contribution in [2.45, 2.75) is 77.7 Å². The van der Waals surface area contributed by atoms with E-state index in [-0.39, 0.29) is 29.8 Å². The van der Waals surface area contributed by atoms with Crippen molar-refractivity contribution < 1.29 is 28.6 Å². The van der Waals surface area contributed by atoms with Gasteiger partial charge in [-0.3, -0.25) is 14.4 Å². The number of carbonyl (C=O) groups excluding carboxylic acids is 3. The number of ketones is 2. The second-order valence-corrected chi connectivity index (χ2v) is 10.3. The summed E-state index contributed by atoms with van der Waals surface area (Å²) in [4.78, 5) is 36.7. The van der Waals surface area contributed by atoms with Crippen LogP contribution in [0.4, 0.5) is 4.39 Å². The molecule has 3 saturated carbocycles. The summed E-state index contributed by atoms with van der Waals surface area (Å²) in [6.07, 6.45) is 4.58. The molecule has 4 rings (SSSR count). The molecule has 3 fully saturated rings. The molecular weight excluding hydrogens is 387 g/mol. The maximum Gasteiger partial charge on any atom is 0.303 e. The number of aliphatic hydroxyl groups excluding tert-OH is 1. The van der Waals surface area contributed by atoms with Crippen molar-refractivity contribution in [1.82, 2.24) is 0 Å². The zero-order chi connectivity index (χ0) is 22.3. The van der Waals surface area contributed by atoms with Gasteiger partial charge in [0.05, 0.1) is 6.10 Å². The van der Waals surface area contributed by atoms with Gasteiger partial charge in [-0.2, -0.15) is 0 Å². The van der Waals surface area contributed by atoms with Gasteiger partial charge in [-0.05, 0) is 63.5 Å². The van der Waals surface area contributed by atoms with E-state index in [9.17, 15) is 19.5 Å². The van der Waals surface area contributed by atoms with Crippen molar-refractivity contribution >= 4 is 17.5 Å². The molecule has 1 N–H and O–H groups in total. The van der Waals surface area contributed by atoms with E-state index < -0.39 is 40.1 Å². The maximum absolute atomic E-state index is 17.1. The van der Waals surface area contributed by atoms with E-state index in [0.29, 0.717) is 19.3 Å². The van der Waals surface area contributed by atoms with E-state index in [2.05, 4.69) is 0 Å². The second-order valence-electron chi connectivity index (χ2n) is 10.3. The number of ether oxygens (including phenoxy) is 1. The van der Waals surface area contributed by atoms with Crippen molar-refractivity contribution in [1.29, 1.82) is 0 Å². The summed E-state index contributed by atoms with van der Waals surface area (Å²) in [5.41, 5.74) is -4.52. The molecule has 164 valence electrons. The highest BCUT2D eigenvalue weighted by molar-refractivity contribution is 6.01. The lowest BCUT2D eigenvalue weighted by molar-refractivity contribution is -0.226. The van der Waals surface area contributed by atoms with E-state index in [1.54, 1.807) is 13.0 Å². The fraction of sp³-hybridized carbons (Fsp3) is 0.708. The Bertz CT molecular complexity index is 892. The Hall–Kier alpha value is -1.82. The highest BCUT2D eigenvalue weighted by Crippen LogP contribution is 2.71. The highest BCUT2D eigenvalue weighted by Gasteiger charge is 2.75. The number of alkyl halides is 1. The molecule has 6 heteroatoms. The maximum atomic E-state index is 17.1. The predicted octanol–water partition coefficient (Wildman–Crippen LogP) is 3.49. The van der Waals surface area contributed by atoms with Gasteiger partial charge in [0.2, 0.25) is 0 Å². The van der Waals surface area contributed by atoms with Crippen LogP contribution in [0.3, 0.4) is 0 Å². The van der Waals surface area contributed by atoms with Gasteiger partial charge in [-0.1, -0.05) is 25.5 Å². The fourth-order valence-corrected chi connectivity index (χ4v) is 7.65. The summed E-state index contributed by atoms with van der Waals surface area (Å²) in [7, 11) is 0. The van der Waals surface area contributed by atoms with Crippen LogP contribution in [0, 0.1) is 28.6 Å². The second kappa shape index (κ2) is 6.35. The Morgan fingerprint density at radius 2 is 1.90 bits per heavy atom. The molecule has 0 aromatic carbocycles. The van der Waals surface area contributed by atoms with Crippen LogP contribution in [-0.4, -0.2) is 40.0 Å². The first-order valence-corrected chi connectivity index (χ1v) is 10.9. The number of hydrogen-bond acceptors (Lipinski definition) is 5. The number of fused-ring (bicyclic) bond motifs is 5. The minimum atomic E-state index is -1.96. The minimum absolute atomic E-state index is 0.0244. The Kier molecular flexibility index (Phi) is 4.53. The minimum Gasteiger partial charge on any atom is -0.451 e. The summed E-state index contributed by atoms with van der Waals surface area (Å²) in [6.45, 7) is 8.34. The van der Waals surface area contributed by atoms with Crippen molar-refractivity contribution in [3.63, 3.8) is 0 Å². The summed E-state index contributed by atoms with van der Waals surface area (Å²) in [5, 5.41) is 11.3. The van der Waals surface area contributed by atoms with Crippen molar-refractivity contribution in [3.8, 4) is 0 Å². The third-order valence-corrected chi connectivity index (χ3v) is 8.98. The van der Waals surface area contributed by atoms with E-state index in [1.807, 2.05) is 13.8 Å². The zero-order valence-corrected chi connectivity index (χ0v) is 18.3. The number of allylic oxidation sites excluding steroid dienone is 4. The van der Waals surface area contributed by atoms with E-state index in [0.717, 1.165) is 5.57 Å². The topological polar surface area (TPSA) is 80.7 Å². The molecule has 0 aliphatic heterocycles. The Balaban J connectivity index is 1.86. The molecule has 0 amide bonds. The van der Waals surface area contributed by atoms with Gasteiger partial charge in [0.25, 0.3) is 0 Å². The number of carbonyl (C=O) groups is 3. The van der Waals surface area contributed by atoms with Crippen molar-refractivity contribution in [2.24, 2.45) is 28.6 Å². The normalized spacial score (nSPS) is 49.6. The summed E-state index contributed by atoms with van der Waals surface area (Å²) < 4.78 is 22.8. The third-order valence-electron chi connectivity index (χ3n) is 8.98. The van der Waals surface area contributed by atoms with Gasteiger partial charge in [0.15, 0.2) is 22.8 Å². The number of hydrogen-bond donors (Lipinski definition) is 1. The third kappa shape index (κ3) is 2.34. The first-order valence-electron chi connectivity index (χ1n) is 10.9. The Morgan fingerprint density at radius 1 is 1.23 bits per heavy atom. The standard InChI is InChI=1S/C24H31FO5/c1-13-10-19-17-7-9-23(14(2)26,30-15(3)27)22(17,5)12-20(29)24(19,25)21(4)8-6-16(28)11-18(13)21/h6,8,11,13,17,19-20,29H,7,9-10,12H2,1-5H3/t13-,17+,19+,20-,21-,22+,23+,24+/m0/s1. The molecule has 0 aromatic heterocycles. The van der Waals surface area contributed by atoms with Gasteiger partial charge < -0.3 is 9.84 Å². The molecule has 0 radical (unpaired) electrons. The van der Waals surface area contributed by atoms with Crippen LogP contribution in [0.1, 0.15) is 60.3 Å². The molecule has 4 aliphatic carbocycles. The zero-order valence-electron chi connectivity index (χ0n) is 18.3. The number of aliphatic hydroxyl groups is 1. The molecule has 0 aromatic rings.